The van der Waals surface area contributed by atoms with E-state index >= 15 is 0 Å². The van der Waals surface area contributed by atoms with Gasteiger partial charge < -0.3 is 20.4 Å². The molecule has 0 aliphatic carbocycles. The van der Waals surface area contributed by atoms with Gasteiger partial charge in [0.25, 0.3) is 0 Å². The number of rotatable bonds is 4. The molecule has 7 nitrogen and oxygen atoms in total. The quantitative estimate of drug-likeness (QED) is 0.730. The summed E-state index contributed by atoms with van der Waals surface area (Å²) in [5.74, 6) is -0.563. The second-order valence-corrected chi connectivity index (χ2v) is 6.02. The molecular weight excluding hydrogens is 276 g/mol. The Balaban J connectivity index is 0.00000400. The van der Waals surface area contributed by atoms with E-state index in [1.54, 1.807) is 4.90 Å². The summed E-state index contributed by atoms with van der Waals surface area (Å²) in [4.78, 5) is 37.0. The van der Waals surface area contributed by atoms with E-state index in [2.05, 4.69) is 10.1 Å². The van der Waals surface area contributed by atoms with Gasteiger partial charge in [-0.3, -0.25) is 14.4 Å². The first-order chi connectivity index (χ1) is 9.27. The zero-order valence-corrected chi connectivity index (χ0v) is 13.2. The average molecular weight is 302 g/mol. The monoisotopic (exact) mass is 302 g/mol. The fourth-order valence-corrected chi connectivity index (χ4v) is 2.22. The Morgan fingerprint density at radius 2 is 1.90 bits per heavy atom. The lowest BCUT2D eigenvalue weighted by atomic mass is 9.94. The molecule has 0 radical (unpaired) electrons. The van der Waals surface area contributed by atoms with E-state index in [1.807, 2.05) is 20.8 Å². The van der Waals surface area contributed by atoms with Crippen molar-refractivity contribution in [3.63, 3.8) is 0 Å². The standard InChI is InChI=1S/C14H24N2O4.H2O/c1-14(2,3)13(19)16-9-5-6-10(16)12(18)15-8-7-11(17)20-4;/h10H,5-9H2,1-4H3,(H,15,18);1H2/t10-;/m0./s1. The zero-order chi connectivity index (χ0) is 15.3. The minimum atomic E-state index is -0.491. The molecule has 0 saturated carbocycles. The molecule has 1 rings (SSSR count). The van der Waals surface area contributed by atoms with Crippen molar-refractivity contribution in [1.29, 1.82) is 0 Å². The topological polar surface area (TPSA) is 107 Å². The van der Waals surface area contributed by atoms with Crippen molar-refractivity contribution < 1.29 is 24.6 Å². The highest BCUT2D eigenvalue weighted by atomic mass is 16.5. The highest BCUT2D eigenvalue weighted by Gasteiger charge is 2.38. The van der Waals surface area contributed by atoms with Crippen LogP contribution in [0.25, 0.3) is 0 Å². The first kappa shape index (κ1) is 19.4. The highest BCUT2D eigenvalue weighted by molar-refractivity contribution is 5.90. The summed E-state index contributed by atoms with van der Waals surface area (Å²) < 4.78 is 4.51. The number of esters is 1. The van der Waals surface area contributed by atoms with E-state index in [0.717, 1.165) is 6.42 Å². The number of methoxy groups -OCH3 is 1. The fraction of sp³-hybridized carbons (Fsp3) is 0.786. The third kappa shape index (κ3) is 5.34. The first-order valence-corrected chi connectivity index (χ1v) is 6.93. The lowest BCUT2D eigenvalue weighted by Gasteiger charge is -2.30. The van der Waals surface area contributed by atoms with Gasteiger partial charge in [0.2, 0.25) is 11.8 Å². The van der Waals surface area contributed by atoms with Crippen LogP contribution in [0.3, 0.4) is 0 Å². The normalized spacial score (nSPS) is 17.9. The Morgan fingerprint density at radius 1 is 1.29 bits per heavy atom. The number of carbonyl (C=O) groups is 3. The third-order valence-corrected chi connectivity index (χ3v) is 3.31. The summed E-state index contributed by atoms with van der Waals surface area (Å²) in [5, 5.41) is 2.69. The smallest absolute Gasteiger partial charge is 0.307 e. The lowest BCUT2D eigenvalue weighted by Crippen LogP contribution is -2.49. The summed E-state index contributed by atoms with van der Waals surface area (Å²) in [6.45, 7) is 6.39. The highest BCUT2D eigenvalue weighted by Crippen LogP contribution is 2.25. The van der Waals surface area contributed by atoms with Gasteiger partial charge in [-0.2, -0.15) is 0 Å². The molecule has 0 aromatic heterocycles. The van der Waals surface area contributed by atoms with Crippen LogP contribution in [0.2, 0.25) is 0 Å². The lowest BCUT2D eigenvalue weighted by molar-refractivity contribution is -0.145. The molecular formula is C14H26N2O5. The van der Waals surface area contributed by atoms with Crippen LogP contribution in [0.1, 0.15) is 40.0 Å². The molecule has 2 amide bonds. The van der Waals surface area contributed by atoms with Crippen LogP contribution in [0.4, 0.5) is 0 Å². The first-order valence-electron chi connectivity index (χ1n) is 6.93. The molecule has 1 fully saturated rings. The number of nitrogens with zero attached hydrogens (tertiary/aromatic N) is 1. The van der Waals surface area contributed by atoms with E-state index in [1.165, 1.54) is 7.11 Å². The number of amides is 2. The van der Waals surface area contributed by atoms with Gasteiger partial charge in [-0.15, -0.1) is 0 Å². The largest absolute Gasteiger partial charge is 0.469 e. The maximum Gasteiger partial charge on any atom is 0.307 e. The van der Waals surface area contributed by atoms with Crippen LogP contribution >= 0.6 is 0 Å². The molecule has 0 aromatic carbocycles. The van der Waals surface area contributed by atoms with Crippen molar-refractivity contribution >= 4 is 17.8 Å². The van der Waals surface area contributed by atoms with Crippen LogP contribution in [0.5, 0.6) is 0 Å². The molecule has 0 unspecified atom stereocenters. The maximum absolute atomic E-state index is 12.3. The van der Waals surface area contributed by atoms with Gasteiger partial charge in [-0.1, -0.05) is 20.8 Å². The Labute approximate surface area is 125 Å². The molecule has 0 spiro atoms. The molecule has 122 valence electrons. The molecule has 1 aliphatic heterocycles. The minimum absolute atomic E-state index is 0. The third-order valence-electron chi connectivity index (χ3n) is 3.31. The van der Waals surface area contributed by atoms with Gasteiger partial charge >= 0.3 is 5.97 Å². The van der Waals surface area contributed by atoms with Crippen LogP contribution in [-0.4, -0.2) is 54.4 Å². The predicted octanol–water partition coefficient (Wildman–Crippen LogP) is -0.122. The molecule has 1 saturated heterocycles. The fourth-order valence-electron chi connectivity index (χ4n) is 2.22. The van der Waals surface area contributed by atoms with Crippen molar-refractivity contribution in [2.24, 2.45) is 5.41 Å². The van der Waals surface area contributed by atoms with E-state index in [0.29, 0.717) is 13.0 Å². The number of carbonyl (C=O) groups excluding carboxylic acids is 3. The minimum Gasteiger partial charge on any atom is -0.469 e. The van der Waals surface area contributed by atoms with Crippen molar-refractivity contribution in [3.05, 3.63) is 0 Å². The van der Waals surface area contributed by atoms with E-state index < -0.39 is 11.5 Å². The van der Waals surface area contributed by atoms with Crippen LogP contribution in [0.15, 0.2) is 0 Å². The predicted molar refractivity (Wildman–Crippen MR) is 77.4 cm³/mol. The summed E-state index contributed by atoms with van der Waals surface area (Å²) in [6, 6.07) is -0.417. The Hall–Kier alpha value is -1.63. The SMILES string of the molecule is COC(=O)CCNC(=O)[C@@H]1CCCN1C(=O)C(C)(C)C.O. The number of hydrogen-bond donors (Lipinski definition) is 1. The molecule has 1 heterocycles. The van der Waals surface area contributed by atoms with Crippen LogP contribution in [-0.2, 0) is 19.1 Å². The van der Waals surface area contributed by atoms with Crippen molar-refractivity contribution in [1.82, 2.24) is 10.2 Å². The van der Waals surface area contributed by atoms with Crippen molar-refractivity contribution in [3.8, 4) is 0 Å². The average Bonchev–Trinajstić information content (AvgIpc) is 2.85. The second kappa shape index (κ2) is 7.97. The Morgan fingerprint density at radius 3 is 2.43 bits per heavy atom. The Kier molecular flexibility index (Phi) is 7.35. The molecule has 0 bridgehead atoms. The van der Waals surface area contributed by atoms with E-state index in [9.17, 15) is 14.4 Å². The van der Waals surface area contributed by atoms with Gasteiger partial charge in [0, 0.05) is 18.5 Å². The van der Waals surface area contributed by atoms with Gasteiger partial charge in [-0.25, -0.2) is 0 Å². The van der Waals surface area contributed by atoms with E-state index in [4.69, 9.17) is 0 Å². The molecule has 0 aromatic rings. The molecule has 1 atom stereocenters. The zero-order valence-electron chi connectivity index (χ0n) is 13.2. The molecule has 21 heavy (non-hydrogen) atoms. The summed E-state index contributed by atoms with van der Waals surface area (Å²) in [5.41, 5.74) is -0.491. The van der Waals surface area contributed by atoms with Crippen LogP contribution < -0.4 is 5.32 Å². The van der Waals surface area contributed by atoms with Gasteiger partial charge in [0.1, 0.15) is 6.04 Å². The van der Waals surface area contributed by atoms with Gasteiger partial charge in [-0.05, 0) is 12.8 Å². The molecule has 3 N–H and O–H groups in total. The number of ether oxygens (including phenoxy) is 1. The summed E-state index contributed by atoms with van der Waals surface area (Å²) >= 11 is 0. The Bertz CT molecular complexity index is 389. The van der Waals surface area contributed by atoms with Crippen molar-refractivity contribution in [2.75, 3.05) is 20.2 Å². The number of likely N-dealkylation sites (tertiary alicyclic amines) is 1. The number of nitrogens with one attached hydrogen (secondary N) is 1. The maximum atomic E-state index is 12.3. The molecule has 7 heteroatoms. The summed E-state index contributed by atoms with van der Waals surface area (Å²) in [6.07, 6.45) is 1.64. The van der Waals surface area contributed by atoms with Gasteiger partial charge in [0.15, 0.2) is 0 Å². The molecule has 1 aliphatic rings. The number of hydrogen-bond acceptors (Lipinski definition) is 4. The van der Waals surface area contributed by atoms with Crippen LogP contribution in [0, 0.1) is 5.41 Å². The summed E-state index contributed by atoms with van der Waals surface area (Å²) in [7, 11) is 1.31. The second-order valence-electron chi connectivity index (χ2n) is 6.02. The van der Waals surface area contributed by atoms with Crippen molar-refractivity contribution in [2.45, 2.75) is 46.1 Å². The van der Waals surface area contributed by atoms with Gasteiger partial charge in [0.05, 0.1) is 13.5 Å². The van der Waals surface area contributed by atoms with E-state index in [-0.39, 0.29) is 36.2 Å².